The normalized spacial score (nSPS) is 11.4. The van der Waals surface area contributed by atoms with Crippen LogP contribution in [0.25, 0.3) is 10.9 Å². The monoisotopic (exact) mass is 426 g/mol. The number of hydrogen-bond acceptors (Lipinski definition) is 6. The van der Waals surface area contributed by atoms with Crippen LogP contribution in [0.4, 0.5) is 11.4 Å². The zero-order valence-corrected chi connectivity index (χ0v) is 18.3. The molecule has 0 bridgehead atoms. The molecule has 0 fully saturated rings. The van der Waals surface area contributed by atoms with E-state index < -0.39 is 9.84 Å². The lowest BCUT2D eigenvalue weighted by Gasteiger charge is -2.17. The Bertz CT molecular complexity index is 1170. The van der Waals surface area contributed by atoms with Crippen LogP contribution >= 0.6 is 0 Å². The minimum Gasteiger partial charge on any atom is -0.491 e. The Balaban J connectivity index is 2.01. The molecule has 3 aromatic rings. The standard InChI is InChI=1S/C23H26N2O4S/c1-4-20(26)18-15-24-23-17(22(18)25-19-11-6-5-9-16(19)2)10-7-12-21(23)29-13-8-14-30(3,27)28/h5-7,9-12,15H,4,8,13-14H2,1-3H3,(H,24,25). The first-order chi connectivity index (χ1) is 14.3. The predicted molar refractivity (Wildman–Crippen MR) is 121 cm³/mol. The topological polar surface area (TPSA) is 85.4 Å². The van der Waals surface area contributed by atoms with Crippen molar-refractivity contribution in [1.29, 1.82) is 0 Å². The van der Waals surface area contributed by atoms with Gasteiger partial charge in [-0.15, -0.1) is 0 Å². The summed E-state index contributed by atoms with van der Waals surface area (Å²) in [6.07, 6.45) is 3.56. The highest BCUT2D eigenvalue weighted by molar-refractivity contribution is 7.90. The molecule has 3 rings (SSSR count). The second kappa shape index (κ2) is 9.26. The number of aromatic nitrogens is 1. The summed E-state index contributed by atoms with van der Waals surface area (Å²) >= 11 is 0. The summed E-state index contributed by atoms with van der Waals surface area (Å²) in [5.41, 5.74) is 3.82. The van der Waals surface area contributed by atoms with Gasteiger partial charge in [0.25, 0.3) is 0 Å². The van der Waals surface area contributed by atoms with Gasteiger partial charge in [0.15, 0.2) is 5.78 Å². The van der Waals surface area contributed by atoms with Gasteiger partial charge in [-0.25, -0.2) is 8.42 Å². The van der Waals surface area contributed by atoms with Crippen molar-refractivity contribution in [3.63, 3.8) is 0 Å². The van der Waals surface area contributed by atoms with Crippen LogP contribution in [-0.4, -0.2) is 37.8 Å². The molecule has 0 atom stereocenters. The number of aryl methyl sites for hydroxylation is 1. The van der Waals surface area contributed by atoms with Crippen molar-refractivity contribution >= 4 is 37.9 Å². The molecule has 0 aliphatic heterocycles. The molecule has 0 saturated carbocycles. The number of benzene rings is 2. The zero-order valence-electron chi connectivity index (χ0n) is 17.4. The van der Waals surface area contributed by atoms with E-state index in [2.05, 4.69) is 10.3 Å². The van der Waals surface area contributed by atoms with Gasteiger partial charge < -0.3 is 10.1 Å². The van der Waals surface area contributed by atoms with Gasteiger partial charge in [0.1, 0.15) is 21.1 Å². The molecule has 1 aromatic heterocycles. The summed E-state index contributed by atoms with van der Waals surface area (Å²) in [6.45, 7) is 4.10. The molecule has 0 aliphatic rings. The van der Waals surface area contributed by atoms with Gasteiger partial charge >= 0.3 is 0 Å². The van der Waals surface area contributed by atoms with Gasteiger partial charge in [-0.05, 0) is 31.0 Å². The number of pyridine rings is 1. The number of carbonyl (C=O) groups excluding carboxylic acids is 1. The third kappa shape index (κ3) is 5.16. The fourth-order valence-corrected chi connectivity index (χ4v) is 3.84. The lowest BCUT2D eigenvalue weighted by Crippen LogP contribution is -2.09. The van der Waals surface area contributed by atoms with Gasteiger partial charge in [-0.3, -0.25) is 9.78 Å². The van der Waals surface area contributed by atoms with E-state index in [0.29, 0.717) is 35.4 Å². The fraction of sp³-hybridized carbons (Fsp3) is 0.304. The number of anilines is 2. The molecular formula is C23H26N2O4S. The maximum absolute atomic E-state index is 12.6. The third-order valence-electron chi connectivity index (χ3n) is 4.80. The van der Waals surface area contributed by atoms with Crippen molar-refractivity contribution < 1.29 is 17.9 Å². The summed E-state index contributed by atoms with van der Waals surface area (Å²) < 4.78 is 28.5. The highest BCUT2D eigenvalue weighted by atomic mass is 32.2. The van der Waals surface area contributed by atoms with E-state index >= 15 is 0 Å². The highest BCUT2D eigenvalue weighted by Gasteiger charge is 2.17. The summed E-state index contributed by atoms with van der Waals surface area (Å²) in [4.78, 5) is 17.1. The molecule has 6 nitrogen and oxygen atoms in total. The number of carbonyl (C=O) groups is 1. The molecule has 2 aromatic carbocycles. The van der Waals surface area contributed by atoms with E-state index in [4.69, 9.17) is 4.74 Å². The van der Waals surface area contributed by atoms with Crippen LogP contribution in [0, 0.1) is 6.92 Å². The average molecular weight is 427 g/mol. The number of para-hydroxylation sites is 2. The van der Waals surface area contributed by atoms with Crippen molar-refractivity contribution in [2.45, 2.75) is 26.7 Å². The van der Waals surface area contributed by atoms with E-state index in [-0.39, 0.29) is 18.1 Å². The Morgan fingerprint density at radius 3 is 2.60 bits per heavy atom. The summed E-state index contributed by atoms with van der Waals surface area (Å²) in [5, 5.41) is 4.19. The summed E-state index contributed by atoms with van der Waals surface area (Å²) in [5.74, 6) is 0.629. The number of hydrogen-bond donors (Lipinski definition) is 1. The Hall–Kier alpha value is -2.93. The second-order valence-electron chi connectivity index (χ2n) is 7.25. The van der Waals surface area contributed by atoms with Gasteiger partial charge in [-0.1, -0.05) is 37.3 Å². The highest BCUT2D eigenvalue weighted by Crippen LogP contribution is 2.34. The lowest BCUT2D eigenvalue weighted by atomic mass is 10.0. The molecule has 0 aliphatic carbocycles. The first-order valence-electron chi connectivity index (χ1n) is 9.88. The van der Waals surface area contributed by atoms with Crippen LogP contribution in [0.15, 0.2) is 48.7 Å². The quantitative estimate of drug-likeness (QED) is 0.395. The van der Waals surface area contributed by atoms with Crippen LogP contribution in [0.5, 0.6) is 5.75 Å². The van der Waals surface area contributed by atoms with Crippen LogP contribution in [0.3, 0.4) is 0 Å². The Labute approximate surface area is 177 Å². The van der Waals surface area contributed by atoms with Crippen LogP contribution < -0.4 is 10.1 Å². The SMILES string of the molecule is CCC(=O)c1cnc2c(OCCCS(C)(=O)=O)cccc2c1Nc1ccccc1C. The Morgan fingerprint density at radius 1 is 1.13 bits per heavy atom. The molecule has 0 amide bonds. The number of ketones is 1. The maximum Gasteiger partial charge on any atom is 0.166 e. The van der Waals surface area contributed by atoms with Crippen LogP contribution in [0.1, 0.15) is 35.7 Å². The number of ether oxygens (including phenoxy) is 1. The number of sulfone groups is 1. The number of nitrogens with zero attached hydrogens (tertiary/aromatic N) is 1. The molecular weight excluding hydrogens is 400 g/mol. The largest absolute Gasteiger partial charge is 0.491 e. The first-order valence-corrected chi connectivity index (χ1v) is 11.9. The minimum absolute atomic E-state index is 0.0000389. The molecule has 1 heterocycles. The van der Waals surface area contributed by atoms with Gasteiger partial charge in [0.2, 0.25) is 0 Å². The van der Waals surface area contributed by atoms with Crippen molar-refractivity contribution in [3.8, 4) is 5.75 Å². The Morgan fingerprint density at radius 2 is 1.90 bits per heavy atom. The number of fused-ring (bicyclic) bond motifs is 1. The number of Topliss-reactive ketones (excluding diaryl/α,β-unsaturated/α-hetero) is 1. The first kappa shape index (κ1) is 21.8. The van der Waals surface area contributed by atoms with Crippen LogP contribution in [0.2, 0.25) is 0 Å². The summed E-state index contributed by atoms with van der Waals surface area (Å²) in [7, 11) is -3.03. The van der Waals surface area contributed by atoms with Gasteiger partial charge in [0.05, 0.1) is 23.6 Å². The van der Waals surface area contributed by atoms with E-state index in [9.17, 15) is 13.2 Å². The van der Waals surface area contributed by atoms with Gasteiger partial charge in [-0.2, -0.15) is 0 Å². The van der Waals surface area contributed by atoms with E-state index in [1.165, 1.54) is 6.26 Å². The van der Waals surface area contributed by atoms with Crippen molar-refractivity contribution in [3.05, 3.63) is 59.8 Å². The summed E-state index contributed by atoms with van der Waals surface area (Å²) in [6, 6.07) is 13.4. The van der Waals surface area contributed by atoms with E-state index in [1.807, 2.05) is 50.2 Å². The van der Waals surface area contributed by atoms with Gasteiger partial charge in [0, 0.05) is 29.9 Å². The third-order valence-corrected chi connectivity index (χ3v) is 5.83. The molecule has 158 valence electrons. The molecule has 0 unspecified atom stereocenters. The molecule has 0 radical (unpaired) electrons. The van der Waals surface area contributed by atoms with E-state index in [1.54, 1.807) is 12.3 Å². The molecule has 7 heteroatoms. The molecule has 0 saturated heterocycles. The van der Waals surface area contributed by atoms with Crippen molar-refractivity contribution in [1.82, 2.24) is 4.98 Å². The minimum atomic E-state index is -3.03. The molecule has 1 N–H and O–H groups in total. The van der Waals surface area contributed by atoms with Crippen molar-refractivity contribution in [2.75, 3.05) is 23.9 Å². The fourth-order valence-electron chi connectivity index (χ4n) is 3.20. The lowest BCUT2D eigenvalue weighted by molar-refractivity contribution is 0.0988. The average Bonchev–Trinajstić information content (AvgIpc) is 2.71. The smallest absolute Gasteiger partial charge is 0.166 e. The number of rotatable bonds is 9. The zero-order chi connectivity index (χ0) is 21.7. The maximum atomic E-state index is 12.6. The molecule has 30 heavy (non-hydrogen) atoms. The van der Waals surface area contributed by atoms with Crippen molar-refractivity contribution in [2.24, 2.45) is 0 Å². The van der Waals surface area contributed by atoms with Crippen LogP contribution in [-0.2, 0) is 9.84 Å². The van der Waals surface area contributed by atoms with E-state index in [0.717, 1.165) is 16.6 Å². The molecule has 0 spiro atoms. The second-order valence-corrected chi connectivity index (χ2v) is 9.51. The predicted octanol–water partition coefficient (Wildman–Crippen LogP) is 4.69. The Kier molecular flexibility index (Phi) is 6.72. The number of nitrogens with one attached hydrogen (secondary N) is 1.